The fourth-order valence-electron chi connectivity index (χ4n) is 2.15. The Balaban J connectivity index is 1.98. The zero-order chi connectivity index (χ0) is 17.1. The molecule has 2 rings (SSSR count). The van der Waals surface area contributed by atoms with Crippen molar-refractivity contribution in [3.05, 3.63) is 70.8 Å². The monoisotopic (exact) mass is 334 g/mol. The molecule has 0 aliphatic rings. The molecular formula is C16H14F6N+. The van der Waals surface area contributed by atoms with Crippen LogP contribution in [-0.4, -0.2) is 0 Å². The summed E-state index contributed by atoms with van der Waals surface area (Å²) in [5.74, 6) is 0. The van der Waals surface area contributed by atoms with Crippen molar-refractivity contribution in [2.75, 3.05) is 0 Å². The summed E-state index contributed by atoms with van der Waals surface area (Å²) in [5, 5.41) is 1.66. The number of hydrogen-bond donors (Lipinski definition) is 1. The maximum absolute atomic E-state index is 12.6. The lowest BCUT2D eigenvalue weighted by Crippen LogP contribution is -2.80. The van der Waals surface area contributed by atoms with Crippen LogP contribution in [0.5, 0.6) is 0 Å². The van der Waals surface area contributed by atoms with Crippen LogP contribution >= 0.6 is 0 Å². The van der Waals surface area contributed by atoms with Gasteiger partial charge < -0.3 is 5.32 Å². The van der Waals surface area contributed by atoms with Gasteiger partial charge in [0.25, 0.3) is 0 Å². The van der Waals surface area contributed by atoms with E-state index >= 15 is 0 Å². The maximum atomic E-state index is 12.6. The average molecular weight is 334 g/mol. The van der Waals surface area contributed by atoms with Gasteiger partial charge in [0.1, 0.15) is 13.1 Å². The van der Waals surface area contributed by atoms with Crippen molar-refractivity contribution in [3.8, 4) is 0 Å². The van der Waals surface area contributed by atoms with E-state index < -0.39 is 23.5 Å². The second-order valence-electron chi connectivity index (χ2n) is 5.09. The number of rotatable bonds is 4. The van der Waals surface area contributed by atoms with Crippen LogP contribution in [-0.2, 0) is 25.4 Å². The molecule has 0 amide bonds. The lowest BCUT2D eigenvalue weighted by molar-refractivity contribution is -0.686. The Bertz CT molecular complexity index is 603. The minimum absolute atomic E-state index is 0.250. The van der Waals surface area contributed by atoms with Crippen molar-refractivity contribution in [3.63, 3.8) is 0 Å². The van der Waals surface area contributed by atoms with Crippen LogP contribution in [0.15, 0.2) is 48.5 Å². The molecule has 7 heteroatoms. The summed E-state index contributed by atoms with van der Waals surface area (Å²) in [7, 11) is 0. The summed E-state index contributed by atoms with van der Waals surface area (Å²) in [6.07, 6.45) is -8.81. The van der Waals surface area contributed by atoms with Crippen LogP contribution in [0.25, 0.3) is 0 Å². The van der Waals surface area contributed by atoms with Gasteiger partial charge in [-0.2, -0.15) is 26.3 Å². The van der Waals surface area contributed by atoms with Crippen LogP contribution in [0.3, 0.4) is 0 Å². The first-order valence-electron chi connectivity index (χ1n) is 6.80. The lowest BCUT2D eigenvalue weighted by atomic mass is 10.1. The third-order valence-corrected chi connectivity index (χ3v) is 3.27. The van der Waals surface area contributed by atoms with Crippen molar-refractivity contribution in [1.29, 1.82) is 0 Å². The predicted molar refractivity (Wildman–Crippen MR) is 72.2 cm³/mol. The summed E-state index contributed by atoms with van der Waals surface area (Å²) in [6.45, 7) is 0.500. The fourth-order valence-corrected chi connectivity index (χ4v) is 2.15. The topological polar surface area (TPSA) is 16.6 Å². The van der Waals surface area contributed by atoms with E-state index in [0.29, 0.717) is 11.1 Å². The Morgan fingerprint density at radius 1 is 0.652 bits per heavy atom. The summed E-state index contributed by atoms with van der Waals surface area (Å²) in [4.78, 5) is 0. The number of nitrogens with two attached hydrogens (primary N) is 1. The number of halogens is 6. The van der Waals surface area contributed by atoms with Gasteiger partial charge in [0.15, 0.2) is 0 Å². The molecule has 0 bridgehead atoms. The Morgan fingerprint density at radius 2 is 1.04 bits per heavy atom. The smallest absolute Gasteiger partial charge is 0.339 e. The van der Waals surface area contributed by atoms with Gasteiger partial charge in [0.05, 0.1) is 11.1 Å². The molecule has 2 aromatic rings. The number of benzene rings is 2. The highest BCUT2D eigenvalue weighted by Crippen LogP contribution is 2.30. The van der Waals surface area contributed by atoms with Gasteiger partial charge in [0, 0.05) is 11.1 Å². The molecule has 0 radical (unpaired) electrons. The van der Waals surface area contributed by atoms with E-state index in [-0.39, 0.29) is 13.1 Å². The van der Waals surface area contributed by atoms with Crippen molar-refractivity contribution >= 4 is 0 Å². The van der Waals surface area contributed by atoms with Gasteiger partial charge >= 0.3 is 12.4 Å². The van der Waals surface area contributed by atoms with E-state index in [1.54, 1.807) is 17.4 Å². The molecule has 2 N–H and O–H groups in total. The van der Waals surface area contributed by atoms with Gasteiger partial charge in [-0.1, -0.05) is 24.3 Å². The first kappa shape index (κ1) is 17.3. The van der Waals surface area contributed by atoms with Crippen LogP contribution < -0.4 is 5.32 Å². The normalized spacial score (nSPS) is 12.4. The third kappa shape index (κ3) is 4.99. The first-order chi connectivity index (χ1) is 10.7. The number of hydrogen-bond acceptors (Lipinski definition) is 0. The van der Waals surface area contributed by atoms with E-state index in [1.807, 2.05) is 0 Å². The van der Waals surface area contributed by atoms with E-state index in [9.17, 15) is 26.3 Å². The van der Waals surface area contributed by atoms with Crippen LogP contribution in [0.1, 0.15) is 22.3 Å². The van der Waals surface area contributed by atoms with Crippen LogP contribution in [0.4, 0.5) is 26.3 Å². The predicted octanol–water partition coefficient (Wildman–Crippen LogP) is 3.99. The minimum atomic E-state index is -4.41. The largest absolute Gasteiger partial charge is 0.416 e. The average Bonchev–Trinajstić information content (AvgIpc) is 2.46. The molecular weight excluding hydrogens is 320 g/mol. The van der Waals surface area contributed by atoms with Crippen LogP contribution in [0, 0.1) is 0 Å². The molecule has 0 aromatic heterocycles. The van der Waals surface area contributed by atoms with Gasteiger partial charge in [0.2, 0.25) is 0 Å². The lowest BCUT2D eigenvalue weighted by Gasteiger charge is -2.09. The molecule has 0 saturated carbocycles. The van der Waals surface area contributed by atoms with E-state index in [1.165, 1.54) is 12.1 Å². The Labute approximate surface area is 128 Å². The van der Waals surface area contributed by atoms with E-state index in [4.69, 9.17) is 0 Å². The first-order valence-corrected chi connectivity index (χ1v) is 6.80. The Hall–Kier alpha value is -2.02. The summed E-state index contributed by atoms with van der Waals surface area (Å²) >= 11 is 0. The maximum Gasteiger partial charge on any atom is 0.416 e. The molecule has 1 nitrogen and oxygen atoms in total. The molecule has 23 heavy (non-hydrogen) atoms. The van der Waals surface area contributed by atoms with Crippen LogP contribution in [0.2, 0.25) is 0 Å². The summed E-state index contributed by atoms with van der Waals surface area (Å²) in [6, 6.07) is 9.79. The van der Waals surface area contributed by atoms with Crippen molar-refractivity contribution < 1.29 is 31.7 Å². The van der Waals surface area contributed by atoms with E-state index in [2.05, 4.69) is 0 Å². The van der Waals surface area contributed by atoms with Crippen molar-refractivity contribution in [2.45, 2.75) is 25.4 Å². The second kappa shape index (κ2) is 6.62. The van der Waals surface area contributed by atoms with Gasteiger partial charge in [-0.05, 0) is 24.3 Å². The minimum Gasteiger partial charge on any atom is -0.339 e. The molecule has 2 aromatic carbocycles. The van der Waals surface area contributed by atoms with Gasteiger partial charge in [-0.15, -0.1) is 0 Å². The molecule has 0 unspecified atom stereocenters. The highest BCUT2D eigenvalue weighted by molar-refractivity contribution is 5.26. The highest BCUT2D eigenvalue weighted by Gasteiger charge is 2.31. The Morgan fingerprint density at radius 3 is 1.39 bits per heavy atom. The second-order valence-corrected chi connectivity index (χ2v) is 5.09. The molecule has 0 spiro atoms. The standard InChI is InChI=1S/C16H13F6N/c17-15(18,19)13-5-1-3-11(7-13)9-23-10-12-4-2-6-14(8-12)16(20,21)22/h1-8,23H,9-10H2/p+1. The molecule has 0 saturated heterocycles. The highest BCUT2D eigenvalue weighted by atomic mass is 19.4. The Kier molecular flexibility index (Phi) is 4.99. The van der Waals surface area contributed by atoms with E-state index in [0.717, 1.165) is 24.3 Å². The third-order valence-electron chi connectivity index (χ3n) is 3.27. The molecule has 0 atom stereocenters. The quantitative estimate of drug-likeness (QED) is 0.815. The number of quaternary nitrogens is 1. The molecule has 0 aliphatic carbocycles. The van der Waals surface area contributed by atoms with Crippen molar-refractivity contribution in [2.24, 2.45) is 0 Å². The zero-order valence-electron chi connectivity index (χ0n) is 11.9. The number of alkyl halides is 6. The SMILES string of the molecule is FC(F)(F)c1cccc(C[NH2+]Cc2cccc(C(F)(F)F)c2)c1. The molecule has 0 aliphatic heterocycles. The molecule has 0 fully saturated rings. The zero-order valence-corrected chi connectivity index (χ0v) is 11.9. The van der Waals surface area contributed by atoms with Gasteiger partial charge in [-0.3, -0.25) is 0 Å². The summed E-state index contributed by atoms with van der Waals surface area (Å²) in [5.41, 5.74) is -0.538. The van der Waals surface area contributed by atoms with Crippen molar-refractivity contribution in [1.82, 2.24) is 0 Å². The fraction of sp³-hybridized carbons (Fsp3) is 0.250. The molecule has 0 heterocycles. The summed E-state index contributed by atoms with van der Waals surface area (Å²) < 4.78 is 75.6. The molecule has 124 valence electrons. The van der Waals surface area contributed by atoms with Gasteiger partial charge in [-0.25, -0.2) is 0 Å².